The lowest BCUT2D eigenvalue weighted by molar-refractivity contribution is -0.906. The lowest BCUT2D eigenvalue weighted by Crippen LogP contribution is -3.12. The van der Waals surface area contributed by atoms with Crippen LogP contribution in [0.4, 0.5) is 13.2 Å². The highest BCUT2D eigenvalue weighted by Gasteiger charge is 2.32. The Morgan fingerprint density at radius 2 is 1.79 bits per heavy atom. The summed E-state index contributed by atoms with van der Waals surface area (Å²) in [6, 6.07) is 9.77. The van der Waals surface area contributed by atoms with Crippen molar-refractivity contribution in [1.29, 1.82) is 0 Å². The summed E-state index contributed by atoms with van der Waals surface area (Å²) in [6.45, 7) is 4.12. The number of thioether (sulfide) groups is 1. The smallest absolute Gasteiger partial charge is 0.278 e. The minimum absolute atomic E-state index is 0.00676. The fraction of sp³-hybridized carbons (Fsp3) is 0.409. The standard InChI is InChI=1S/C22H25F3N2OS/c1-2-3-8-26(14-16-11-19(24)13-20(25)12-16)15-21(28)27-9-10-29-22(27)17-4-6-18(23)7-5-17/h4-7,11-13,22H,2-3,8-10,14-15H2,1H3/p+1/t22-/m0/s1. The van der Waals surface area contributed by atoms with Crippen LogP contribution >= 0.6 is 11.8 Å². The van der Waals surface area contributed by atoms with Crippen molar-refractivity contribution in [3.05, 3.63) is 71.0 Å². The number of quaternary nitrogens is 1. The number of rotatable bonds is 8. The molecule has 1 heterocycles. The average Bonchev–Trinajstić information content (AvgIpc) is 3.16. The van der Waals surface area contributed by atoms with Gasteiger partial charge in [-0.2, -0.15) is 0 Å². The molecule has 1 aliphatic heterocycles. The van der Waals surface area contributed by atoms with E-state index in [2.05, 4.69) is 6.92 Å². The minimum atomic E-state index is -0.603. The highest BCUT2D eigenvalue weighted by atomic mass is 32.2. The first-order valence-electron chi connectivity index (χ1n) is 9.91. The molecule has 1 fully saturated rings. The van der Waals surface area contributed by atoms with Crippen molar-refractivity contribution >= 4 is 17.7 Å². The van der Waals surface area contributed by atoms with Crippen LogP contribution in [0.25, 0.3) is 0 Å². The van der Waals surface area contributed by atoms with Crippen molar-refractivity contribution in [3.8, 4) is 0 Å². The third-order valence-corrected chi connectivity index (χ3v) is 6.29. The fourth-order valence-electron chi connectivity index (χ4n) is 3.61. The van der Waals surface area contributed by atoms with Gasteiger partial charge in [0.05, 0.1) is 6.54 Å². The first-order chi connectivity index (χ1) is 14.0. The molecule has 1 unspecified atom stereocenters. The van der Waals surface area contributed by atoms with Crippen LogP contribution in [0.3, 0.4) is 0 Å². The van der Waals surface area contributed by atoms with Gasteiger partial charge < -0.3 is 9.80 Å². The molecule has 3 rings (SSSR count). The van der Waals surface area contributed by atoms with Crippen molar-refractivity contribution in [2.24, 2.45) is 0 Å². The fourth-order valence-corrected chi connectivity index (χ4v) is 4.89. The van der Waals surface area contributed by atoms with Crippen molar-refractivity contribution in [3.63, 3.8) is 0 Å². The Kier molecular flexibility index (Phi) is 7.61. The van der Waals surface area contributed by atoms with Crippen LogP contribution in [0.5, 0.6) is 0 Å². The maximum absolute atomic E-state index is 13.6. The number of carbonyl (C=O) groups excluding carboxylic acids is 1. The maximum Gasteiger partial charge on any atom is 0.278 e. The second-order valence-corrected chi connectivity index (χ2v) is 8.53. The number of nitrogens with one attached hydrogen (secondary N) is 1. The monoisotopic (exact) mass is 423 g/mol. The second kappa shape index (κ2) is 10.2. The Balaban J connectivity index is 1.70. The van der Waals surface area contributed by atoms with Gasteiger partial charge in [-0.3, -0.25) is 4.79 Å². The number of hydrogen-bond acceptors (Lipinski definition) is 2. The summed E-state index contributed by atoms with van der Waals surface area (Å²) in [5.74, 6) is -0.672. The predicted molar refractivity (Wildman–Crippen MR) is 109 cm³/mol. The molecule has 156 valence electrons. The van der Waals surface area contributed by atoms with Crippen LogP contribution in [-0.4, -0.2) is 36.2 Å². The molecular formula is C22H26F3N2OS+. The molecule has 0 saturated carbocycles. The lowest BCUT2D eigenvalue weighted by Gasteiger charge is -2.27. The average molecular weight is 424 g/mol. The zero-order chi connectivity index (χ0) is 20.8. The molecular weight excluding hydrogens is 397 g/mol. The van der Waals surface area contributed by atoms with Crippen LogP contribution in [0, 0.1) is 17.5 Å². The van der Waals surface area contributed by atoms with E-state index in [1.54, 1.807) is 23.9 Å². The largest absolute Gasteiger partial charge is 0.323 e. The number of hydrogen-bond donors (Lipinski definition) is 1. The molecule has 2 atom stereocenters. The number of halogens is 3. The van der Waals surface area contributed by atoms with Crippen LogP contribution in [-0.2, 0) is 11.3 Å². The summed E-state index contributed by atoms with van der Waals surface area (Å²) < 4.78 is 40.3. The summed E-state index contributed by atoms with van der Waals surface area (Å²) in [5, 5.41) is -0.123. The quantitative estimate of drug-likeness (QED) is 0.702. The van der Waals surface area contributed by atoms with E-state index < -0.39 is 11.6 Å². The van der Waals surface area contributed by atoms with E-state index in [-0.39, 0.29) is 23.6 Å². The SMILES string of the molecule is CCCC[NH+](CC(=O)N1CCS[C@H]1c1ccc(F)cc1)Cc1cc(F)cc(F)c1. The third kappa shape index (κ3) is 6.00. The third-order valence-electron chi connectivity index (χ3n) is 5.03. The molecule has 29 heavy (non-hydrogen) atoms. The second-order valence-electron chi connectivity index (χ2n) is 7.35. The van der Waals surface area contributed by atoms with E-state index in [4.69, 9.17) is 0 Å². The van der Waals surface area contributed by atoms with Gasteiger partial charge in [-0.05, 0) is 36.2 Å². The van der Waals surface area contributed by atoms with Gasteiger partial charge in [-0.1, -0.05) is 25.5 Å². The molecule has 1 aliphatic rings. The summed E-state index contributed by atoms with van der Waals surface area (Å²) >= 11 is 1.66. The van der Waals surface area contributed by atoms with Crippen molar-refractivity contribution in [1.82, 2.24) is 4.90 Å². The number of nitrogens with zero attached hydrogens (tertiary/aromatic N) is 1. The van der Waals surface area contributed by atoms with E-state index in [0.29, 0.717) is 18.7 Å². The topological polar surface area (TPSA) is 24.8 Å². The van der Waals surface area contributed by atoms with Crippen LogP contribution in [0.2, 0.25) is 0 Å². The zero-order valence-electron chi connectivity index (χ0n) is 16.5. The van der Waals surface area contributed by atoms with Crippen LogP contribution in [0.1, 0.15) is 36.3 Å². The molecule has 0 aliphatic carbocycles. The highest BCUT2D eigenvalue weighted by Crippen LogP contribution is 2.37. The number of benzene rings is 2. The van der Waals surface area contributed by atoms with E-state index in [9.17, 15) is 18.0 Å². The van der Waals surface area contributed by atoms with Crippen LogP contribution < -0.4 is 4.90 Å². The van der Waals surface area contributed by atoms with Crippen molar-refractivity contribution < 1.29 is 22.9 Å². The highest BCUT2D eigenvalue weighted by molar-refractivity contribution is 7.99. The van der Waals surface area contributed by atoms with Crippen molar-refractivity contribution in [2.45, 2.75) is 31.7 Å². The maximum atomic E-state index is 13.6. The Morgan fingerprint density at radius 1 is 1.10 bits per heavy atom. The first kappa shape index (κ1) is 21.7. The van der Waals surface area contributed by atoms with Gasteiger partial charge in [0.15, 0.2) is 6.54 Å². The van der Waals surface area contributed by atoms with Gasteiger partial charge in [-0.15, -0.1) is 11.8 Å². The Morgan fingerprint density at radius 3 is 2.45 bits per heavy atom. The molecule has 0 radical (unpaired) electrons. The minimum Gasteiger partial charge on any atom is -0.323 e. The lowest BCUT2D eigenvalue weighted by atomic mass is 10.1. The Bertz CT molecular complexity index is 811. The summed E-state index contributed by atoms with van der Waals surface area (Å²) in [4.78, 5) is 15.9. The molecule has 2 aromatic carbocycles. The molecule has 3 nitrogen and oxygen atoms in total. The molecule has 7 heteroatoms. The predicted octanol–water partition coefficient (Wildman–Crippen LogP) is 3.56. The van der Waals surface area contributed by atoms with Gasteiger partial charge in [0.1, 0.15) is 29.4 Å². The van der Waals surface area contributed by atoms with E-state index in [1.807, 2.05) is 4.90 Å². The zero-order valence-corrected chi connectivity index (χ0v) is 17.3. The molecule has 1 N–H and O–H groups in total. The number of carbonyl (C=O) groups is 1. The van der Waals surface area contributed by atoms with E-state index in [1.165, 1.54) is 24.3 Å². The Hall–Kier alpha value is -1.99. The molecule has 1 saturated heterocycles. The Labute approximate surface area is 173 Å². The van der Waals surface area contributed by atoms with E-state index >= 15 is 0 Å². The van der Waals surface area contributed by atoms with Gasteiger partial charge in [0, 0.05) is 23.9 Å². The molecule has 0 aromatic heterocycles. The van der Waals surface area contributed by atoms with Gasteiger partial charge in [-0.25, -0.2) is 13.2 Å². The summed E-state index contributed by atoms with van der Waals surface area (Å²) in [7, 11) is 0. The molecule has 2 aromatic rings. The first-order valence-corrected chi connectivity index (χ1v) is 11.0. The van der Waals surface area contributed by atoms with E-state index in [0.717, 1.165) is 41.7 Å². The van der Waals surface area contributed by atoms with Crippen LogP contribution in [0.15, 0.2) is 42.5 Å². The van der Waals surface area contributed by atoms with Gasteiger partial charge >= 0.3 is 0 Å². The van der Waals surface area contributed by atoms with Gasteiger partial charge in [0.25, 0.3) is 5.91 Å². The molecule has 1 amide bonds. The van der Waals surface area contributed by atoms with Crippen molar-refractivity contribution in [2.75, 3.05) is 25.4 Å². The molecule has 0 bridgehead atoms. The number of unbranched alkanes of at least 4 members (excludes halogenated alkanes) is 1. The van der Waals surface area contributed by atoms with Gasteiger partial charge in [0.2, 0.25) is 0 Å². The molecule has 0 spiro atoms. The number of amides is 1. The summed E-state index contributed by atoms with van der Waals surface area (Å²) in [5.41, 5.74) is 1.46. The normalized spacial score (nSPS) is 17.5. The summed E-state index contributed by atoms with van der Waals surface area (Å²) in [6.07, 6.45) is 1.91.